The van der Waals surface area contributed by atoms with E-state index < -0.39 is 40.3 Å². The molecule has 3 rings (SSSR count). The number of amides is 2. The summed E-state index contributed by atoms with van der Waals surface area (Å²) in [6.07, 6.45) is -1.21. The van der Waals surface area contributed by atoms with E-state index in [1.54, 1.807) is 6.07 Å². The number of alkyl carbamates (subject to hydrolysis) is 1. The van der Waals surface area contributed by atoms with E-state index in [1.807, 2.05) is 0 Å². The second-order valence-electron chi connectivity index (χ2n) is 6.69. The third kappa shape index (κ3) is 3.94. The SMILES string of the molecule is COC(=O)NC[C@H]1CN(c2ccc(C3(C#N)CCS(=O)CC3)c(F)c2)C(=O)O1. The van der Waals surface area contributed by atoms with Crippen LogP contribution in [0.25, 0.3) is 0 Å². The molecule has 2 saturated heterocycles. The maximum Gasteiger partial charge on any atom is 0.414 e. The van der Waals surface area contributed by atoms with Crippen LogP contribution in [0.2, 0.25) is 0 Å². The zero-order chi connectivity index (χ0) is 20.3. The van der Waals surface area contributed by atoms with Crippen LogP contribution in [0, 0.1) is 17.1 Å². The number of benzene rings is 1. The molecule has 2 aliphatic heterocycles. The highest BCUT2D eigenvalue weighted by Crippen LogP contribution is 2.38. The molecule has 0 aromatic heterocycles. The largest absolute Gasteiger partial charge is 0.453 e. The Morgan fingerprint density at radius 1 is 1.50 bits per heavy atom. The van der Waals surface area contributed by atoms with Crippen molar-refractivity contribution in [3.63, 3.8) is 0 Å². The Labute approximate surface area is 164 Å². The Morgan fingerprint density at radius 2 is 2.21 bits per heavy atom. The Hall–Kier alpha value is -2.67. The van der Waals surface area contributed by atoms with Gasteiger partial charge in [-0.15, -0.1) is 0 Å². The van der Waals surface area contributed by atoms with Gasteiger partial charge in [-0.3, -0.25) is 9.11 Å². The second-order valence-corrected chi connectivity index (χ2v) is 8.39. The maximum absolute atomic E-state index is 14.9. The molecule has 1 aromatic rings. The number of nitrogens with one attached hydrogen (secondary N) is 1. The van der Waals surface area contributed by atoms with Crippen molar-refractivity contribution in [3.05, 3.63) is 29.6 Å². The first-order valence-corrected chi connectivity index (χ1v) is 10.2. The fraction of sp³-hybridized carbons (Fsp3) is 0.500. The van der Waals surface area contributed by atoms with Gasteiger partial charge in [-0.05, 0) is 25.0 Å². The average molecular weight is 409 g/mol. The summed E-state index contributed by atoms with van der Waals surface area (Å²) in [6.45, 7) is 0.216. The summed E-state index contributed by atoms with van der Waals surface area (Å²) in [5.74, 6) is 0.139. The molecule has 8 nitrogen and oxygen atoms in total. The van der Waals surface area contributed by atoms with E-state index in [0.717, 1.165) is 0 Å². The number of carbonyl (C=O) groups is 2. The molecule has 0 saturated carbocycles. The standard InChI is InChI=1S/C18H20FN3O5S/c1-26-16(23)21-9-13-10-22(17(24)27-13)12-2-3-14(15(19)8-12)18(11-20)4-6-28(25)7-5-18/h2-3,8,13H,4-7,9-10H2,1H3,(H,21,23)/t13-,18?,28?/m0/s1. The third-order valence-electron chi connectivity index (χ3n) is 5.04. The molecule has 1 atom stereocenters. The molecule has 2 heterocycles. The molecule has 0 aliphatic carbocycles. The minimum absolute atomic E-state index is 0.0736. The molecule has 1 N–H and O–H groups in total. The number of methoxy groups -OCH3 is 1. The number of cyclic esters (lactones) is 1. The molecule has 10 heteroatoms. The summed E-state index contributed by atoms with van der Waals surface area (Å²) in [7, 11) is 0.255. The topological polar surface area (TPSA) is 109 Å². The van der Waals surface area contributed by atoms with Crippen molar-refractivity contribution in [2.45, 2.75) is 24.4 Å². The number of halogens is 1. The monoisotopic (exact) mass is 409 g/mol. The summed E-state index contributed by atoms with van der Waals surface area (Å²) < 4.78 is 36.1. The van der Waals surface area contributed by atoms with Gasteiger partial charge in [-0.25, -0.2) is 14.0 Å². The summed E-state index contributed by atoms with van der Waals surface area (Å²) in [6, 6.07) is 6.49. The summed E-state index contributed by atoms with van der Waals surface area (Å²) >= 11 is 0. The molecule has 0 spiro atoms. The fourth-order valence-corrected chi connectivity index (χ4v) is 4.77. The van der Waals surface area contributed by atoms with E-state index in [1.165, 1.54) is 24.1 Å². The minimum Gasteiger partial charge on any atom is -0.453 e. The van der Waals surface area contributed by atoms with Crippen LogP contribution in [0.5, 0.6) is 0 Å². The van der Waals surface area contributed by atoms with E-state index in [4.69, 9.17) is 4.74 Å². The van der Waals surface area contributed by atoms with Crippen LogP contribution in [0.1, 0.15) is 18.4 Å². The van der Waals surface area contributed by atoms with Gasteiger partial charge in [0.15, 0.2) is 0 Å². The van der Waals surface area contributed by atoms with Gasteiger partial charge in [0, 0.05) is 27.9 Å². The molecule has 0 bridgehead atoms. The van der Waals surface area contributed by atoms with Gasteiger partial charge in [-0.2, -0.15) is 5.26 Å². The first kappa shape index (κ1) is 20.1. The van der Waals surface area contributed by atoms with Gasteiger partial charge in [0.05, 0.1) is 37.4 Å². The lowest BCUT2D eigenvalue weighted by Crippen LogP contribution is -2.35. The van der Waals surface area contributed by atoms with Gasteiger partial charge in [0.1, 0.15) is 11.9 Å². The molecule has 150 valence electrons. The minimum atomic E-state index is -1.00. The molecule has 1 aromatic carbocycles. The Morgan fingerprint density at radius 3 is 2.82 bits per heavy atom. The third-order valence-corrected chi connectivity index (χ3v) is 6.36. The van der Waals surface area contributed by atoms with Crippen LogP contribution in [0.15, 0.2) is 18.2 Å². The second kappa shape index (κ2) is 8.14. The van der Waals surface area contributed by atoms with Crippen molar-refractivity contribution in [1.29, 1.82) is 5.26 Å². The van der Waals surface area contributed by atoms with E-state index in [2.05, 4.69) is 16.1 Å². The lowest BCUT2D eigenvalue weighted by atomic mass is 9.76. The number of nitriles is 1. The van der Waals surface area contributed by atoms with Gasteiger partial charge in [0.2, 0.25) is 0 Å². The van der Waals surface area contributed by atoms with E-state index in [0.29, 0.717) is 30.0 Å². The zero-order valence-electron chi connectivity index (χ0n) is 15.3. The molecule has 2 fully saturated rings. The first-order valence-electron chi connectivity index (χ1n) is 8.75. The number of anilines is 1. The van der Waals surface area contributed by atoms with E-state index >= 15 is 0 Å². The quantitative estimate of drug-likeness (QED) is 0.812. The molecular formula is C18H20FN3O5S. The predicted octanol–water partition coefficient (Wildman–Crippen LogP) is 1.81. The van der Waals surface area contributed by atoms with Crippen LogP contribution in [-0.2, 0) is 25.7 Å². The van der Waals surface area contributed by atoms with E-state index in [9.17, 15) is 23.5 Å². The molecule has 2 aliphatic rings. The number of rotatable bonds is 4. The highest BCUT2D eigenvalue weighted by molar-refractivity contribution is 7.85. The Bertz CT molecular complexity index is 846. The van der Waals surface area contributed by atoms with Gasteiger partial charge >= 0.3 is 12.2 Å². The van der Waals surface area contributed by atoms with Gasteiger partial charge in [0.25, 0.3) is 0 Å². The maximum atomic E-state index is 14.9. The highest BCUT2D eigenvalue weighted by atomic mass is 32.2. The van der Waals surface area contributed by atoms with Crippen molar-refractivity contribution in [1.82, 2.24) is 5.32 Å². The number of hydrogen-bond acceptors (Lipinski definition) is 6. The molecule has 2 amide bonds. The molecule has 28 heavy (non-hydrogen) atoms. The van der Waals surface area contributed by atoms with Crippen molar-refractivity contribution < 1.29 is 27.7 Å². The summed E-state index contributed by atoms with van der Waals surface area (Å²) in [4.78, 5) is 24.5. The highest BCUT2D eigenvalue weighted by Gasteiger charge is 2.39. The van der Waals surface area contributed by atoms with Crippen molar-refractivity contribution >= 4 is 28.7 Å². The van der Waals surface area contributed by atoms with Crippen LogP contribution < -0.4 is 10.2 Å². The lowest BCUT2D eigenvalue weighted by molar-refractivity contribution is 0.132. The summed E-state index contributed by atoms with van der Waals surface area (Å²) in [5.41, 5.74) is -0.444. The fourth-order valence-electron chi connectivity index (χ4n) is 3.41. The van der Waals surface area contributed by atoms with Crippen LogP contribution >= 0.6 is 0 Å². The lowest BCUT2D eigenvalue weighted by Gasteiger charge is -2.31. The summed E-state index contributed by atoms with van der Waals surface area (Å²) in [5, 5.41) is 12.1. The van der Waals surface area contributed by atoms with Crippen LogP contribution in [0.4, 0.5) is 19.7 Å². The number of ether oxygens (including phenoxy) is 2. The Kier molecular flexibility index (Phi) is 5.84. The first-order chi connectivity index (χ1) is 13.4. The molecule has 0 radical (unpaired) electrons. The smallest absolute Gasteiger partial charge is 0.414 e. The van der Waals surface area contributed by atoms with E-state index in [-0.39, 0.29) is 18.7 Å². The predicted molar refractivity (Wildman–Crippen MR) is 98.8 cm³/mol. The van der Waals surface area contributed by atoms with Crippen LogP contribution in [-0.4, -0.2) is 54.2 Å². The van der Waals surface area contributed by atoms with Gasteiger partial charge < -0.3 is 14.8 Å². The molecule has 0 unspecified atom stereocenters. The molecular weight excluding hydrogens is 389 g/mol. The Balaban J connectivity index is 1.75. The number of hydrogen-bond donors (Lipinski definition) is 1. The number of nitrogens with zero attached hydrogens (tertiary/aromatic N) is 2. The van der Waals surface area contributed by atoms with Crippen LogP contribution in [0.3, 0.4) is 0 Å². The normalized spacial score (nSPS) is 27.0. The zero-order valence-corrected chi connectivity index (χ0v) is 16.1. The van der Waals surface area contributed by atoms with Crippen molar-refractivity contribution in [3.8, 4) is 6.07 Å². The van der Waals surface area contributed by atoms with Crippen molar-refractivity contribution in [2.75, 3.05) is 36.6 Å². The van der Waals surface area contributed by atoms with Crippen molar-refractivity contribution in [2.24, 2.45) is 0 Å². The number of carbonyl (C=O) groups excluding carboxylic acids is 2. The van der Waals surface area contributed by atoms with Gasteiger partial charge in [-0.1, -0.05) is 6.07 Å². The average Bonchev–Trinajstić information content (AvgIpc) is 3.07.